The molecule has 0 bridgehead atoms. The van der Waals surface area contributed by atoms with Gasteiger partial charge in [0.2, 0.25) is 23.6 Å². The van der Waals surface area contributed by atoms with E-state index in [0.717, 1.165) is 24.3 Å². The SMILES string of the molecule is CNc1ncnc2c1ncn2[C@@H]1O[C@H](COP(=O)(O)OP(=O)(O)OP(=O)(O)OC[C@H]2OC([n+]3cn(C)c4c(=O)[nH]c(N)nc43)[C@H](O)[C@@H]2CC(=O)N(C)C)[C@@H](OP(=O)(O)OC[C@H]2O[C@@H](n3cnc4c(=O)[nH]c(N)nc43)[C@H](O)[C@@H]2O)[C@H]1OC. The van der Waals surface area contributed by atoms with Gasteiger partial charge >= 0.3 is 36.9 Å². The number of hydrogen-bond acceptors (Lipinski definition) is 29. The Kier molecular flexibility index (Phi) is 16.9. The number of phosphoric ester groups is 3. The van der Waals surface area contributed by atoms with Crippen LogP contribution in [0.3, 0.4) is 0 Å². The van der Waals surface area contributed by atoms with Crippen molar-refractivity contribution in [1.82, 2.24) is 58.5 Å². The molecule has 0 saturated carbocycles. The minimum atomic E-state index is -6.24. The number of nitrogens with one attached hydrogen (secondary N) is 3. The van der Waals surface area contributed by atoms with Crippen LogP contribution in [0.15, 0.2) is 34.9 Å². The highest BCUT2D eigenvalue weighted by Crippen LogP contribution is 2.68. The number of carbonyl (C=O) groups excluding carboxylic acids is 1. The largest absolute Gasteiger partial charge is 0.490 e. The Morgan fingerprint density at radius 1 is 0.753 bits per heavy atom. The molecule has 5 unspecified atom stereocenters. The Morgan fingerprint density at radius 3 is 2.00 bits per heavy atom. The molecular weight excluding hydrogens is 1180 g/mol. The van der Waals surface area contributed by atoms with Crippen LogP contribution < -0.4 is 32.5 Å². The Hall–Kier alpha value is -5.64. The van der Waals surface area contributed by atoms with Gasteiger partial charge in [-0.25, -0.2) is 42.8 Å². The number of phosphoric acid groups is 4. The van der Waals surface area contributed by atoms with Gasteiger partial charge in [0.15, 0.2) is 41.4 Å². The number of carbonyl (C=O) groups is 1. The zero-order chi connectivity index (χ0) is 58.8. The Morgan fingerprint density at radius 2 is 1.35 bits per heavy atom. The molecule has 0 spiro atoms. The summed E-state index contributed by atoms with van der Waals surface area (Å²) < 4.78 is 111. The van der Waals surface area contributed by atoms with Gasteiger partial charge in [0.05, 0.1) is 45.6 Å². The molecule has 3 aliphatic rings. The number of imidazole rings is 3. The number of aryl methyl sites for hydroxylation is 1. The lowest BCUT2D eigenvalue weighted by atomic mass is 9.94. The summed E-state index contributed by atoms with van der Waals surface area (Å²) in [6.45, 7) is -3.30. The number of hydrogen-bond donors (Lipinski definition) is 12. The van der Waals surface area contributed by atoms with E-state index < -0.39 is 148 Å². The van der Waals surface area contributed by atoms with Crippen LogP contribution in [0.25, 0.3) is 33.5 Å². The number of methoxy groups -OCH3 is 1. The molecule has 6 aromatic heterocycles. The summed E-state index contributed by atoms with van der Waals surface area (Å²) in [5.74, 6) is -2.16. The molecule has 3 fully saturated rings. The van der Waals surface area contributed by atoms with Crippen molar-refractivity contribution >= 4 is 88.4 Å². The molecule has 16 atom stereocenters. The summed E-state index contributed by atoms with van der Waals surface area (Å²) in [7, 11) is -16.6. The summed E-state index contributed by atoms with van der Waals surface area (Å²) in [4.78, 5) is 111. The van der Waals surface area contributed by atoms with E-state index in [1.807, 2.05) is 0 Å². The van der Waals surface area contributed by atoms with Gasteiger partial charge in [0.1, 0.15) is 54.6 Å². The van der Waals surface area contributed by atoms with E-state index in [-0.39, 0.29) is 51.2 Å². The maximum atomic E-state index is 13.8. The molecule has 6 aromatic rings. The monoisotopic (exact) mass is 1230 g/mol. The first-order valence-electron chi connectivity index (χ1n) is 23.4. The van der Waals surface area contributed by atoms with Gasteiger partial charge < -0.3 is 75.5 Å². The number of aromatic amines is 2. The number of H-pyrrole nitrogens is 2. The Balaban J connectivity index is 0.885. The third kappa shape index (κ3) is 12.4. The van der Waals surface area contributed by atoms with Crippen LogP contribution in [0.4, 0.5) is 17.7 Å². The third-order valence-corrected chi connectivity index (χ3v) is 18.1. The predicted molar refractivity (Wildman–Crippen MR) is 265 cm³/mol. The number of nitrogens with zero attached hydrogens (tertiary/aromatic N) is 11. The highest BCUT2D eigenvalue weighted by molar-refractivity contribution is 7.66. The molecule has 14 N–H and O–H groups in total. The van der Waals surface area contributed by atoms with Crippen LogP contribution in [0.1, 0.15) is 25.1 Å². The predicted octanol–water partition coefficient (Wildman–Crippen LogP) is -3.52. The fourth-order valence-corrected chi connectivity index (χ4v) is 13.7. The van der Waals surface area contributed by atoms with E-state index in [9.17, 15) is 67.5 Å². The third-order valence-electron chi connectivity index (χ3n) is 12.9. The van der Waals surface area contributed by atoms with Gasteiger partial charge in [0, 0.05) is 40.6 Å². The maximum Gasteiger partial charge on any atom is 0.490 e. The maximum absolute atomic E-state index is 13.8. The molecule has 3 saturated heterocycles. The van der Waals surface area contributed by atoms with E-state index in [1.165, 1.54) is 52.4 Å². The summed E-state index contributed by atoms with van der Waals surface area (Å²) in [6.07, 6.45) is -13.7. The number of aliphatic hydroxyl groups is 3. The summed E-state index contributed by atoms with van der Waals surface area (Å²) in [6, 6.07) is 0. The summed E-state index contributed by atoms with van der Waals surface area (Å²) in [5, 5.41) is 36.1. The normalized spacial score (nSPS) is 29.0. The number of nitrogen functional groups attached to an aromatic ring is 2. The first kappa shape index (κ1) is 60.0. The molecule has 0 radical (unpaired) electrons. The van der Waals surface area contributed by atoms with Crippen molar-refractivity contribution in [1.29, 1.82) is 0 Å². The molecule has 9 heterocycles. The number of aromatic nitrogens is 12. The van der Waals surface area contributed by atoms with Crippen molar-refractivity contribution in [3.05, 3.63) is 46.0 Å². The average molecular weight is 1230 g/mol. The smallest absolute Gasteiger partial charge is 0.387 e. The lowest BCUT2D eigenvalue weighted by Crippen LogP contribution is -2.45. The molecule has 81 heavy (non-hydrogen) atoms. The second kappa shape index (κ2) is 22.8. The zero-order valence-corrected chi connectivity index (χ0v) is 46.1. The van der Waals surface area contributed by atoms with Crippen LogP contribution in [0, 0.1) is 5.92 Å². The summed E-state index contributed by atoms with van der Waals surface area (Å²) in [5.41, 5.74) is 9.89. The molecule has 0 aliphatic carbocycles. The van der Waals surface area contributed by atoms with Crippen molar-refractivity contribution in [2.24, 2.45) is 13.0 Å². The lowest BCUT2D eigenvalue weighted by molar-refractivity contribution is -0.745. The van der Waals surface area contributed by atoms with Crippen molar-refractivity contribution in [2.45, 2.75) is 73.9 Å². The first-order chi connectivity index (χ1) is 38.0. The van der Waals surface area contributed by atoms with Crippen molar-refractivity contribution < 1.29 is 108 Å². The van der Waals surface area contributed by atoms with Gasteiger partial charge in [-0.15, -0.1) is 0 Å². The molecule has 1 amide bonds. The van der Waals surface area contributed by atoms with E-state index in [1.54, 1.807) is 7.05 Å². The summed E-state index contributed by atoms with van der Waals surface area (Å²) >= 11 is 0. The number of amides is 1. The van der Waals surface area contributed by atoms with Crippen LogP contribution >= 0.6 is 31.3 Å². The topological polar surface area (TPSA) is 548 Å². The number of rotatable bonds is 22. The van der Waals surface area contributed by atoms with Crippen molar-refractivity contribution in [2.75, 3.05) is 64.9 Å². The van der Waals surface area contributed by atoms with E-state index in [2.05, 4.69) is 53.8 Å². The van der Waals surface area contributed by atoms with Gasteiger partial charge in [-0.1, -0.05) is 4.98 Å². The van der Waals surface area contributed by atoms with Gasteiger partial charge in [0.25, 0.3) is 17.1 Å². The number of aliphatic hydroxyl groups excluding tert-OH is 3. The molecule has 40 nitrogen and oxygen atoms in total. The van der Waals surface area contributed by atoms with Gasteiger partial charge in [-0.3, -0.25) is 56.1 Å². The van der Waals surface area contributed by atoms with E-state index >= 15 is 0 Å². The second-order valence-corrected chi connectivity index (χ2v) is 24.4. The van der Waals surface area contributed by atoms with Crippen molar-refractivity contribution in [3.8, 4) is 0 Å². The van der Waals surface area contributed by atoms with Gasteiger partial charge in [-0.05, 0) is 0 Å². The number of ether oxygens (including phenoxy) is 4. The highest BCUT2D eigenvalue weighted by Gasteiger charge is 2.54. The van der Waals surface area contributed by atoms with Crippen LogP contribution in [-0.4, -0.2) is 196 Å². The lowest BCUT2D eigenvalue weighted by Gasteiger charge is -2.26. The Labute approximate surface area is 451 Å². The molecule has 3 aliphatic heterocycles. The molecule has 0 aromatic carbocycles. The molecule has 444 valence electrons. The van der Waals surface area contributed by atoms with Crippen molar-refractivity contribution in [3.63, 3.8) is 0 Å². The van der Waals surface area contributed by atoms with Crippen LogP contribution in [0.2, 0.25) is 0 Å². The second-order valence-electron chi connectivity index (χ2n) is 18.3. The fraction of sp³-hybridized carbons (Fsp3) is 0.568. The highest BCUT2D eigenvalue weighted by atomic mass is 31.3. The van der Waals surface area contributed by atoms with Crippen LogP contribution in [0.5, 0.6) is 0 Å². The first-order valence-corrected chi connectivity index (χ1v) is 29.4. The molecule has 44 heteroatoms. The molecule has 9 rings (SSSR count). The standard InChI is InChI=1S/C37H52N16O24P4/c1-40-27-19-28(42-10-41-27)51(11-43-19)35-26(68-5)25(75-78(60,61)69-8-16-23(56)24(57)34(73-16)52-12-44-20-29(52)45-36(38)47-31(20)58)17(74-35)9-71-80(64,65)77-81(66,67)76-79(62,63)70-7-15-14(6-18(54)49(2)3)22(55)33(72-15)53-13-50(4)21-30(53)46-37(39)48-32(21)59/h10-17,22-26,33-35,55-57H,6-9H2,1-5H3,(H10-,38,39,40,41,42,45,46,47,48,58,59,60,61,62,63,64,65,66,67)/p+1/t14-,15-,16-,17-,22-,23-,24-,25-,26-,33?,34-,35-/m1/s1. The van der Waals surface area contributed by atoms with Gasteiger partial charge in [-0.2, -0.15) is 13.6 Å². The fourth-order valence-electron chi connectivity index (χ4n) is 9.18. The number of nitrogens with two attached hydrogens (primary N) is 2. The van der Waals surface area contributed by atoms with E-state index in [4.69, 9.17) is 48.5 Å². The minimum absolute atomic E-state index is 0.00667. The number of fused-ring (bicyclic) bond motifs is 3. The van der Waals surface area contributed by atoms with Crippen LogP contribution in [-0.2, 0) is 75.8 Å². The Bertz CT molecular complexity index is 3670. The zero-order valence-electron chi connectivity index (χ0n) is 42.5. The number of anilines is 3. The quantitative estimate of drug-likeness (QED) is 0.0232. The van der Waals surface area contributed by atoms with E-state index in [0.29, 0.717) is 0 Å². The molecular formula is C37H53N16O24P4+. The minimum Gasteiger partial charge on any atom is -0.387 e. The average Bonchev–Trinajstić information content (AvgIpc) is 4.37.